The van der Waals surface area contributed by atoms with Crippen LogP contribution in [0.15, 0.2) is 24.3 Å². The average molecular weight is 332 g/mol. The van der Waals surface area contributed by atoms with Crippen molar-refractivity contribution in [2.45, 2.75) is 55.0 Å². The van der Waals surface area contributed by atoms with Gasteiger partial charge in [-0.05, 0) is 31.8 Å². The highest BCUT2D eigenvalue weighted by molar-refractivity contribution is 9.09. The van der Waals surface area contributed by atoms with Gasteiger partial charge in [-0.1, -0.05) is 47.0 Å². The van der Waals surface area contributed by atoms with Gasteiger partial charge in [0.1, 0.15) is 0 Å². The topological polar surface area (TPSA) is 9.23 Å². The summed E-state index contributed by atoms with van der Waals surface area (Å²) in [6.07, 6.45) is 17.3. The van der Waals surface area contributed by atoms with Crippen LogP contribution in [-0.4, -0.2) is 22.4 Å². The van der Waals surface area contributed by atoms with Crippen LogP contribution in [0.25, 0.3) is 0 Å². The van der Waals surface area contributed by atoms with Crippen LogP contribution in [-0.2, 0) is 4.74 Å². The van der Waals surface area contributed by atoms with E-state index >= 15 is 0 Å². The van der Waals surface area contributed by atoms with Crippen molar-refractivity contribution in [3.05, 3.63) is 24.3 Å². The molecule has 1 heterocycles. The van der Waals surface area contributed by atoms with Gasteiger partial charge in [-0.15, -0.1) is 18.0 Å². The average Bonchev–Trinajstić information content (AvgIpc) is 2.74. The second-order valence-corrected chi connectivity index (χ2v) is 6.14. The van der Waals surface area contributed by atoms with Crippen LogP contribution in [0, 0.1) is 12.3 Å². The number of hydrogen-bond donors (Lipinski definition) is 0. The molecule has 0 bridgehead atoms. The highest BCUT2D eigenvalue weighted by Gasteiger charge is 2.35. The third-order valence-corrected chi connectivity index (χ3v) is 4.45. The first-order chi connectivity index (χ1) is 8.69. The van der Waals surface area contributed by atoms with Gasteiger partial charge in [-0.25, -0.2) is 0 Å². The molecule has 0 aliphatic carbocycles. The Morgan fingerprint density at radius 3 is 2.89 bits per heavy atom. The van der Waals surface area contributed by atoms with Gasteiger partial charge in [0.05, 0.1) is 17.6 Å². The van der Waals surface area contributed by atoms with E-state index in [4.69, 9.17) is 22.8 Å². The van der Waals surface area contributed by atoms with Crippen LogP contribution in [0.1, 0.15) is 32.6 Å². The van der Waals surface area contributed by atoms with Crippen LogP contribution in [0.5, 0.6) is 0 Å². The molecule has 1 aliphatic rings. The van der Waals surface area contributed by atoms with Crippen molar-refractivity contribution < 1.29 is 4.74 Å². The molecule has 100 valence electrons. The lowest BCUT2D eigenvalue weighted by Gasteiger charge is -2.16. The van der Waals surface area contributed by atoms with Gasteiger partial charge in [-0.3, -0.25) is 0 Å². The van der Waals surface area contributed by atoms with Gasteiger partial charge in [0.15, 0.2) is 0 Å². The van der Waals surface area contributed by atoms with Gasteiger partial charge >= 0.3 is 0 Å². The predicted molar refractivity (Wildman–Crippen MR) is 82.3 cm³/mol. The Balaban J connectivity index is 2.27. The maximum atomic E-state index is 6.24. The lowest BCUT2D eigenvalue weighted by atomic mass is 10.1. The number of terminal acetylenes is 1. The number of allylic oxidation sites excluding steroid dienone is 4. The lowest BCUT2D eigenvalue weighted by molar-refractivity contribution is 0.0444. The summed E-state index contributed by atoms with van der Waals surface area (Å²) in [5.41, 5.74) is 0. The van der Waals surface area contributed by atoms with E-state index in [1.165, 1.54) is 0 Å². The molecule has 0 aromatic carbocycles. The quantitative estimate of drug-likeness (QED) is 0.397. The second kappa shape index (κ2) is 8.80. The summed E-state index contributed by atoms with van der Waals surface area (Å²) in [5, 5.41) is 0.155. The molecule has 0 radical (unpaired) electrons. The highest BCUT2D eigenvalue weighted by atomic mass is 79.9. The largest absolute Gasteiger partial charge is 0.372 e. The molecular weight excluding hydrogens is 312 g/mol. The van der Waals surface area contributed by atoms with Gasteiger partial charge in [0.25, 0.3) is 0 Å². The minimum atomic E-state index is 0.155. The normalized spacial score (nSPS) is 30.0. The lowest BCUT2D eigenvalue weighted by Crippen LogP contribution is -2.20. The summed E-state index contributed by atoms with van der Waals surface area (Å²) in [4.78, 5) is 0.336. The fourth-order valence-corrected chi connectivity index (χ4v) is 2.98. The zero-order valence-electron chi connectivity index (χ0n) is 10.7. The zero-order chi connectivity index (χ0) is 13.4. The Hall–Kier alpha value is -0.230. The molecule has 0 amide bonds. The molecule has 0 spiro atoms. The summed E-state index contributed by atoms with van der Waals surface area (Å²) in [7, 11) is 0. The van der Waals surface area contributed by atoms with Crippen molar-refractivity contribution in [2.75, 3.05) is 0 Å². The van der Waals surface area contributed by atoms with E-state index in [-0.39, 0.29) is 17.6 Å². The third-order valence-electron chi connectivity index (χ3n) is 3.03. The molecule has 4 unspecified atom stereocenters. The van der Waals surface area contributed by atoms with Crippen LogP contribution >= 0.6 is 27.5 Å². The molecule has 1 nitrogen and oxygen atoms in total. The first-order valence-corrected chi connectivity index (χ1v) is 7.74. The van der Waals surface area contributed by atoms with Crippen molar-refractivity contribution in [3.63, 3.8) is 0 Å². The molecule has 0 aromatic heterocycles. The van der Waals surface area contributed by atoms with E-state index in [9.17, 15) is 0 Å². The Labute approximate surface area is 124 Å². The smallest absolute Gasteiger partial charge is 0.0741 e. The van der Waals surface area contributed by atoms with E-state index in [1.54, 1.807) is 6.08 Å². The summed E-state index contributed by atoms with van der Waals surface area (Å²) in [5.74, 6) is 2.47. The van der Waals surface area contributed by atoms with Gasteiger partial charge in [-0.2, -0.15) is 0 Å². The van der Waals surface area contributed by atoms with Gasteiger partial charge < -0.3 is 4.74 Å². The Kier molecular flexibility index (Phi) is 7.74. The number of ether oxygens (including phenoxy) is 1. The molecule has 1 fully saturated rings. The Morgan fingerprint density at radius 1 is 1.50 bits per heavy atom. The molecule has 1 aliphatic heterocycles. The summed E-state index contributed by atoms with van der Waals surface area (Å²) < 4.78 is 5.93. The Morgan fingerprint density at radius 2 is 2.28 bits per heavy atom. The SMILES string of the molecule is C#CC=CCC=CCC(Br)C1CC(Cl)C(CC)O1. The molecule has 1 saturated heterocycles. The molecule has 18 heavy (non-hydrogen) atoms. The first-order valence-electron chi connectivity index (χ1n) is 6.38. The number of rotatable bonds is 6. The van der Waals surface area contributed by atoms with Crippen molar-refractivity contribution in [1.82, 2.24) is 0 Å². The summed E-state index contributed by atoms with van der Waals surface area (Å²) in [6.45, 7) is 2.11. The predicted octanol–water partition coefficient (Wildman–Crippen LogP) is 4.45. The molecular formula is C15H20BrClO. The second-order valence-electron chi connectivity index (χ2n) is 4.40. The molecule has 3 heteroatoms. The Bertz CT molecular complexity index is 332. The molecule has 4 atom stereocenters. The number of halogens is 2. The zero-order valence-corrected chi connectivity index (χ0v) is 13.0. The van der Waals surface area contributed by atoms with E-state index in [0.717, 1.165) is 25.7 Å². The molecule has 0 N–H and O–H groups in total. The summed E-state index contributed by atoms with van der Waals surface area (Å²) >= 11 is 9.93. The van der Waals surface area contributed by atoms with E-state index in [0.29, 0.717) is 4.83 Å². The van der Waals surface area contributed by atoms with Crippen LogP contribution < -0.4 is 0 Å². The monoisotopic (exact) mass is 330 g/mol. The fourth-order valence-electron chi connectivity index (χ4n) is 2.01. The van der Waals surface area contributed by atoms with Crippen LogP contribution in [0.4, 0.5) is 0 Å². The minimum absolute atomic E-state index is 0.155. The van der Waals surface area contributed by atoms with E-state index in [1.807, 2.05) is 6.08 Å². The van der Waals surface area contributed by atoms with Crippen molar-refractivity contribution in [2.24, 2.45) is 0 Å². The van der Waals surface area contributed by atoms with Gasteiger partial charge in [0, 0.05) is 4.83 Å². The van der Waals surface area contributed by atoms with Crippen molar-refractivity contribution in [1.29, 1.82) is 0 Å². The standard InChI is InChI=1S/C15H20BrClO/c1-3-5-6-7-8-9-10-12(16)15-11-13(17)14(4-2)18-15/h1,5-6,8-9,12-15H,4,7,10-11H2,2H3. The maximum Gasteiger partial charge on any atom is 0.0741 e. The van der Waals surface area contributed by atoms with Gasteiger partial charge in [0.2, 0.25) is 0 Å². The van der Waals surface area contributed by atoms with E-state index in [2.05, 4.69) is 40.9 Å². The number of alkyl halides is 2. The van der Waals surface area contributed by atoms with Crippen molar-refractivity contribution in [3.8, 4) is 12.3 Å². The number of hydrogen-bond acceptors (Lipinski definition) is 1. The summed E-state index contributed by atoms with van der Waals surface area (Å²) in [6, 6.07) is 0. The minimum Gasteiger partial charge on any atom is -0.372 e. The maximum absolute atomic E-state index is 6.24. The van der Waals surface area contributed by atoms with Crippen LogP contribution in [0.2, 0.25) is 0 Å². The molecule has 0 aromatic rings. The van der Waals surface area contributed by atoms with E-state index < -0.39 is 0 Å². The molecule has 0 saturated carbocycles. The fraction of sp³-hybridized carbons (Fsp3) is 0.600. The van der Waals surface area contributed by atoms with Crippen LogP contribution in [0.3, 0.4) is 0 Å². The third kappa shape index (κ3) is 5.18. The first kappa shape index (κ1) is 15.8. The highest BCUT2D eigenvalue weighted by Crippen LogP contribution is 2.32. The van der Waals surface area contributed by atoms with Crippen molar-refractivity contribution >= 4 is 27.5 Å². The molecule has 1 rings (SSSR count).